The fourth-order valence-corrected chi connectivity index (χ4v) is 4.06. The van der Waals surface area contributed by atoms with Crippen molar-refractivity contribution in [1.82, 2.24) is 20.1 Å². The van der Waals surface area contributed by atoms with Gasteiger partial charge in [0.05, 0.1) is 11.8 Å². The van der Waals surface area contributed by atoms with Crippen molar-refractivity contribution in [1.29, 1.82) is 0 Å². The lowest BCUT2D eigenvalue weighted by Gasteiger charge is -2.19. The van der Waals surface area contributed by atoms with Crippen LogP contribution in [0, 0.1) is 0 Å². The zero-order valence-electron chi connectivity index (χ0n) is 19.7. The molecule has 0 aliphatic rings. The second-order valence-corrected chi connectivity index (χ2v) is 9.79. The molecule has 2 aromatic carbocycles. The molecule has 7 heteroatoms. The molecule has 33 heavy (non-hydrogen) atoms. The molecule has 1 amide bonds. The molecular formula is C26H32N4O2S. The number of hydrogen-bond donors (Lipinski definition) is 1. The summed E-state index contributed by atoms with van der Waals surface area (Å²) in [7, 11) is 0. The standard InChI is InChI=1S/C26H32N4O2S/c1-6-16-30-23(17-32-22-14-12-21(13-15-22)26(3,4)5)28-29-25(30)33-18-24(31)27-19(2)20-10-8-7-9-11-20/h6-15,19H,1,16-18H2,2-5H3,(H,27,31). The number of thioether (sulfide) groups is 1. The Bertz CT molecular complexity index is 1060. The van der Waals surface area contributed by atoms with Crippen LogP contribution in [0.15, 0.2) is 72.4 Å². The maximum atomic E-state index is 12.5. The molecule has 1 heterocycles. The van der Waals surface area contributed by atoms with E-state index in [1.165, 1.54) is 17.3 Å². The number of hydrogen-bond acceptors (Lipinski definition) is 5. The zero-order chi connectivity index (χ0) is 23.8. The first kappa shape index (κ1) is 24.6. The van der Waals surface area contributed by atoms with Crippen LogP contribution in [0.25, 0.3) is 0 Å². The molecule has 1 N–H and O–H groups in total. The van der Waals surface area contributed by atoms with E-state index in [1.54, 1.807) is 6.08 Å². The van der Waals surface area contributed by atoms with Crippen molar-refractivity contribution in [2.45, 2.75) is 57.5 Å². The van der Waals surface area contributed by atoms with Crippen molar-refractivity contribution >= 4 is 17.7 Å². The average Bonchev–Trinajstić information content (AvgIpc) is 3.18. The SMILES string of the molecule is C=CCn1c(COc2ccc(C(C)(C)C)cc2)nnc1SCC(=O)NC(C)c1ccccc1. The van der Waals surface area contributed by atoms with Gasteiger partial charge >= 0.3 is 0 Å². The minimum Gasteiger partial charge on any atom is -0.486 e. The number of carbonyl (C=O) groups excluding carboxylic acids is 1. The van der Waals surface area contributed by atoms with Crippen LogP contribution in [0.1, 0.15) is 50.7 Å². The van der Waals surface area contributed by atoms with Gasteiger partial charge in [-0.1, -0.05) is 81.1 Å². The second-order valence-electron chi connectivity index (χ2n) is 8.85. The third-order valence-corrected chi connectivity index (χ3v) is 6.17. The number of rotatable bonds is 10. The number of amides is 1. The first-order chi connectivity index (χ1) is 15.8. The number of ether oxygens (including phenoxy) is 1. The largest absolute Gasteiger partial charge is 0.486 e. The van der Waals surface area contributed by atoms with E-state index >= 15 is 0 Å². The van der Waals surface area contributed by atoms with E-state index in [0.717, 1.165) is 11.3 Å². The van der Waals surface area contributed by atoms with E-state index in [9.17, 15) is 4.79 Å². The van der Waals surface area contributed by atoms with Crippen LogP contribution in [-0.4, -0.2) is 26.4 Å². The van der Waals surface area contributed by atoms with Gasteiger partial charge in [-0.05, 0) is 35.6 Å². The highest BCUT2D eigenvalue weighted by Crippen LogP contribution is 2.25. The number of carbonyl (C=O) groups is 1. The molecule has 174 valence electrons. The Kier molecular flexibility index (Phi) is 8.33. The Morgan fingerprint density at radius 3 is 2.48 bits per heavy atom. The van der Waals surface area contributed by atoms with E-state index in [2.05, 4.69) is 55.0 Å². The highest BCUT2D eigenvalue weighted by atomic mass is 32.2. The van der Waals surface area contributed by atoms with Gasteiger partial charge in [-0.25, -0.2) is 0 Å². The van der Waals surface area contributed by atoms with Crippen LogP contribution in [0.4, 0.5) is 0 Å². The van der Waals surface area contributed by atoms with Crippen molar-refractivity contribution in [3.63, 3.8) is 0 Å². The Balaban J connectivity index is 1.58. The van der Waals surface area contributed by atoms with Crippen molar-refractivity contribution in [3.05, 3.63) is 84.2 Å². The summed E-state index contributed by atoms with van der Waals surface area (Å²) in [6, 6.07) is 18.0. The molecule has 6 nitrogen and oxygen atoms in total. The molecule has 0 fully saturated rings. The molecule has 3 aromatic rings. The summed E-state index contributed by atoms with van der Waals surface area (Å²) in [5.74, 6) is 1.66. The van der Waals surface area contributed by atoms with Gasteiger partial charge in [0, 0.05) is 6.54 Å². The summed E-state index contributed by atoms with van der Waals surface area (Å²) >= 11 is 1.35. The maximum absolute atomic E-state index is 12.5. The van der Waals surface area contributed by atoms with E-state index in [1.807, 2.05) is 54.0 Å². The molecule has 0 saturated carbocycles. The fourth-order valence-electron chi connectivity index (χ4n) is 3.28. The quantitative estimate of drug-likeness (QED) is 0.325. The lowest BCUT2D eigenvalue weighted by Crippen LogP contribution is -2.28. The first-order valence-electron chi connectivity index (χ1n) is 11.0. The highest BCUT2D eigenvalue weighted by molar-refractivity contribution is 7.99. The third-order valence-electron chi connectivity index (χ3n) is 5.20. The summed E-state index contributed by atoms with van der Waals surface area (Å²) in [5, 5.41) is 12.2. The Morgan fingerprint density at radius 1 is 1.15 bits per heavy atom. The second kappa shape index (κ2) is 11.2. The van der Waals surface area contributed by atoms with E-state index < -0.39 is 0 Å². The van der Waals surface area contributed by atoms with Crippen LogP contribution in [0.5, 0.6) is 5.75 Å². The molecule has 1 atom stereocenters. The van der Waals surface area contributed by atoms with E-state index in [4.69, 9.17) is 4.74 Å². The minimum atomic E-state index is -0.0565. The van der Waals surface area contributed by atoms with Gasteiger partial charge in [0.1, 0.15) is 12.4 Å². The predicted octanol–water partition coefficient (Wildman–Crippen LogP) is 5.31. The summed E-state index contributed by atoms with van der Waals surface area (Å²) < 4.78 is 7.87. The Hall–Kier alpha value is -3.06. The van der Waals surface area contributed by atoms with E-state index in [-0.39, 0.29) is 29.7 Å². The van der Waals surface area contributed by atoms with Crippen LogP contribution < -0.4 is 10.1 Å². The molecule has 0 saturated heterocycles. The van der Waals surface area contributed by atoms with Crippen LogP contribution in [-0.2, 0) is 23.4 Å². The van der Waals surface area contributed by atoms with Crippen LogP contribution in [0.2, 0.25) is 0 Å². The van der Waals surface area contributed by atoms with Gasteiger partial charge in [-0.2, -0.15) is 0 Å². The number of allylic oxidation sites excluding steroid dienone is 1. The van der Waals surface area contributed by atoms with Gasteiger partial charge in [0.25, 0.3) is 0 Å². The minimum absolute atomic E-state index is 0.0544. The Labute approximate surface area is 200 Å². The topological polar surface area (TPSA) is 69.0 Å². The molecule has 0 spiro atoms. The van der Waals surface area contributed by atoms with Gasteiger partial charge in [-0.15, -0.1) is 16.8 Å². The van der Waals surface area contributed by atoms with Gasteiger partial charge < -0.3 is 10.1 Å². The monoisotopic (exact) mass is 464 g/mol. The molecule has 0 radical (unpaired) electrons. The maximum Gasteiger partial charge on any atom is 0.230 e. The molecule has 0 aliphatic carbocycles. The average molecular weight is 465 g/mol. The number of aromatic nitrogens is 3. The normalized spacial score (nSPS) is 12.2. The van der Waals surface area contributed by atoms with Gasteiger partial charge in [-0.3, -0.25) is 9.36 Å². The zero-order valence-corrected chi connectivity index (χ0v) is 20.6. The van der Waals surface area contributed by atoms with Crippen molar-refractivity contribution in [3.8, 4) is 5.75 Å². The molecule has 1 unspecified atom stereocenters. The van der Waals surface area contributed by atoms with Gasteiger partial charge in [0.15, 0.2) is 11.0 Å². The third kappa shape index (κ3) is 6.96. The smallest absolute Gasteiger partial charge is 0.230 e. The van der Waals surface area contributed by atoms with Crippen molar-refractivity contribution in [2.24, 2.45) is 0 Å². The molecule has 3 rings (SSSR count). The number of nitrogens with one attached hydrogen (secondary N) is 1. The number of nitrogens with zero attached hydrogens (tertiary/aromatic N) is 3. The molecule has 0 bridgehead atoms. The highest BCUT2D eigenvalue weighted by Gasteiger charge is 2.16. The van der Waals surface area contributed by atoms with Crippen LogP contribution >= 0.6 is 11.8 Å². The molecule has 0 aliphatic heterocycles. The van der Waals surface area contributed by atoms with Gasteiger partial charge in [0.2, 0.25) is 5.91 Å². The molecular weight excluding hydrogens is 432 g/mol. The van der Waals surface area contributed by atoms with Crippen molar-refractivity contribution < 1.29 is 9.53 Å². The molecule has 1 aromatic heterocycles. The lowest BCUT2D eigenvalue weighted by molar-refractivity contribution is -0.119. The fraction of sp³-hybridized carbons (Fsp3) is 0.346. The Morgan fingerprint density at radius 2 is 1.85 bits per heavy atom. The summed E-state index contributed by atoms with van der Waals surface area (Å²) in [6.07, 6.45) is 1.78. The summed E-state index contributed by atoms with van der Waals surface area (Å²) in [4.78, 5) is 12.5. The van der Waals surface area contributed by atoms with Crippen molar-refractivity contribution in [2.75, 3.05) is 5.75 Å². The van der Waals surface area contributed by atoms with E-state index in [0.29, 0.717) is 17.5 Å². The summed E-state index contributed by atoms with van der Waals surface area (Å²) in [6.45, 7) is 13.2. The number of benzene rings is 2. The summed E-state index contributed by atoms with van der Waals surface area (Å²) in [5.41, 5.74) is 2.42. The first-order valence-corrected chi connectivity index (χ1v) is 12.0. The predicted molar refractivity (Wildman–Crippen MR) is 133 cm³/mol. The van der Waals surface area contributed by atoms with Crippen LogP contribution in [0.3, 0.4) is 0 Å². The lowest BCUT2D eigenvalue weighted by atomic mass is 9.87.